The lowest BCUT2D eigenvalue weighted by atomic mass is 9.97. The summed E-state index contributed by atoms with van der Waals surface area (Å²) in [6.45, 7) is 6.94. The molecule has 1 aromatic heterocycles. The molecular formula is C13H21NO2. The Morgan fingerprint density at radius 2 is 2.38 bits per heavy atom. The predicted octanol–water partition coefficient (Wildman–Crippen LogP) is 2.67. The summed E-state index contributed by atoms with van der Waals surface area (Å²) in [5.41, 5.74) is 0. The molecule has 1 aliphatic rings. The Hall–Kier alpha value is -0.800. The zero-order chi connectivity index (χ0) is 11.4. The molecule has 3 nitrogen and oxygen atoms in total. The van der Waals surface area contributed by atoms with Crippen LogP contribution in [0.3, 0.4) is 0 Å². The maximum absolute atomic E-state index is 5.74. The van der Waals surface area contributed by atoms with Crippen molar-refractivity contribution >= 4 is 0 Å². The predicted molar refractivity (Wildman–Crippen MR) is 63.4 cm³/mol. The summed E-state index contributed by atoms with van der Waals surface area (Å²) in [5.74, 6) is 2.59. The van der Waals surface area contributed by atoms with Gasteiger partial charge in [-0.3, -0.25) is 0 Å². The van der Waals surface area contributed by atoms with Crippen molar-refractivity contribution in [1.29, 1.82) is 0 Å². The van der Waals surface area contributed by atoms with Crippen LogP contribution in [0, 0.1) is 12.8 Å². The molecule has 0 aliphatic carbocycles. The third-order valence-electron chi connectivity index (χ3n) is 3.12. The maximum atomic E-state index is 5.74. The first kappa shape index (κ1) is 11.7. The lowest BCUT2D eigenvalue weighted by Gasteiger charge is -2.21. The molecule has 0 spiro atoms. The quantitative estimate of drug-likeness (QED) is 0.833. The summed E-state index contributed by atoms with van der Waals surface area (Å²) in [4.78, 5) is 0. The smallest absolute Gasteiger partial charge is 0.121 e. The first-order valence-electron chi connectivity index (χ1n) is 6.18. The van der Waals surface area contributed by atoms with Gasteiger partial charge in [0.15, 0.2) is 0 Å². The molecule has 1 N–H and O–H groups in total. The molecule has 2 atom stereocenters. The van der Waals surface area contributed by atoms with Crippen LogP contribution in [0.1, 0.15) is 37.3 Å². The number of aryl methyl sites for hydroxylation is 1. The highest BCUT2D eigenvalue weighted by molar-refractivity contribution is 5.11. The molecule has 2 heterocycles. The van der Waals surface area contributed by atoms with Crippen molar-refractivity contribution < 1.29 is 9.15 Å². The van der Waals surface area contributed by atoms with Gasteiger partial charge < -0.3 is 14.5 Å². The van der Waals surface area contributed by atoms with Gasteiger partial charge in [0.05, 0.1) is 12.6 Å². The van der Waals surface area contributed by atoms with Crippen LogP contribution in [-0.2, 0) is 4.74 Å². The average molecular weight is 223 g/mol. The van der Waals surface area contributed by atoms with Gasteiger partial charge in [-0.2, -0.15) is 0 Å². The average Bonchev–Trinajstić information content (AvgIpc) is 2.91. The van der Waals surface area contributed by atoms with E-state index < -0.39 is 0 Å². The van der Waals surface area contributed by atoms with Crippen molar-refractivity contribution in [3.63, 3.8) is 0 Å². The van der Waals surface area contributed by atoms with Crippen molar-refractivity contribution in [1.82, 2.24) is 5.32 Å². The highest BCUT2D eigenvalue weighted by Crippen LogP contribution is 2.29. The Morgan fingerprint density at radius 1 is 1.50 bits per heavy atom. The molecule has 0 bridgehead atoms. The molecule has 0 amide bonds. The van der Waals surface area contributed by atoms with Crippen LogP contribution < -0.4 is 5.32 Å². The van der Waals surface area contributed by atoms with Crippen LogP contribution in [-0.4, -0.2) is 19.8 Å². The first-order chi connectivity index (χ1) is 7.81. The van der Waals surface area contributed by atoms with E-state index in [9.17, 15) is 0 Å². The Balaban J connectivity index is 2.06. The van der Waals surface area contributed by atoms with Crippen LogP contribution in [0.2, 0.25) is 0 Å². The molecule has 0 radical (unpaired) electrons. The van der Waals surface area contributed by atoms with E-state index in [4.69, 9.17) is 9.15 Å². The van der Waals surface area contributed by atoms with E-state index in [2.05, 4.69) is 18.3 Å². The molecule has 1 fully saturated rings. The van der Waals surface area contributed by atoms with Gasteiger partial charge in [-0.1, -0.05) is 6.92 Å². The number of rotatable bonds is 5. The molecule has 1 saturated heterocycles. The van der Waals surface area contributed by atoms with E-state index >= 15 is 0 Å². The molecular weight excluding hydrogens is 202 g/mol. The van der Waals surface area contributed by atoms with Gasteiger partial charge in [0.2, 0.25) is 0 Å². The normalized spacial score (nSPS) is 22.5. The Bertz CT molecular complexity index is 315. The summed E-state index contributed by atoms with van der Waals surface area (Å²) in [5, 5.41) is 3.57. The number of ether oxygens (including phenoxy) is 1. The SMILES string of the molecule is CCCNC(c1ccc(C)o1)C1CCOC1. The Labute approximate surface area is 97.2 Å². The first-order valence-corrected chi connectivity index (χ1v) is 6.18. The zero-order valence-corrected chi connectivity index (χ0v) is 10.2. The van der Waals surface area contributed by atoms with Crippen LogP contribution in [0.25, 0.3) is 0 Å². The van der Waals surface area contributed by atoms with Crippen molar-refractivity contribution in [2.24, 2.45) is 5.92 Å². The van der Waals surface area contributed by atoms with E-state index in [1.807, 2.05) is 13.0 Å². The van der Waals surface area contributed by atoms with Gasteiger partial charge in [0, 0.05) is 12.5 Å². The van der Waals surface area contributed by atoms with E-state index in [1.54, 1.807) is 0 Å². The molecule has 0 saturated carbocycles. The van der Waals surface area contributed by atoms with Crippen molar-refractivity contribution in [2.75, 3.05) is 19.8 Å². The summed E-state index contributed by atoms with van der Waals surface area (Å²) < 4.78 is 11.2. The second-order valence-electron chi connectivity index (χ2n) is 4.50. The second-order valence-corrected chi connectivity index (χ2v) is 4.50. The minimum atomic E-state index is 0.316. The third-order valence-corrected chi connectivity index (χ3v) is 3.12. The zero-order valence-electron chi connectivity index (χ0n) is 10.2. The fourth-order valence-corrected chi connectivity index (χ4v) is 2.24. The molecule has 2 rings (SSSR count). The fraction of sp³-hybridized carbons (Fsp3) is 0.692. The molecule has 2 unspecified atom stereocenters. The molecule has 3 heteroatoms. The Kier molecular flexibility index (Phi) is 4.02. The van der Waals surface area contributed by atoms with Crippen LogP contribution in [0.15, 0.2) is 16.5 Å². The molecule has 1 aromatic rings. The summed E-state index contributed by atoms with van der Waals surface area (Å²) in [6, 6.07) is 4.43. The highest BCUT2D eigenvalue weighted by atomic mass is 16.5. The number of furan rings is 1. The molecule has 90 valence electrons. The fourth-order valence-electron chi connectivity index (χ4n) is 2.24. The topological polar surface area (TPSA) is 34.4 Å². The van der Waals surface area contributed by atoms with Gasteiger partial charge in [0.1, 0.15) is 11.5 Å². The van der Waals surface area contributed by atoms with Gasteiger partial charge in [0.25, 0.3) is 0 Å². The van der Waals surface area contributed by atoms with Crippen molar-refractivity contribution in [3.05, 3.63) is 23.7 Å². The monoisotopic (exact) mass is 223 g/mol. The van der Waals surface area contributed by atoms with E-state index in [-0.39, 0.29) is 0 Å². The maximum Gasteiger partial charge on any atom is 0.121 e. The largest absolute Gasteiger partial charge is 0.465 e. The van der Waals surface area contributed by atoms with Gasteiger partial charge >= 0.3 is 0 Å². The minimum absolute atomic E-state index is 0.316. The summed E-state index contributed by atoms with van der Waals surface area (Å²) in [7, 11) is 0. The van der Waals surface area contributed by atoms with Crippen molar-refractivity contribution in [2.45, 2.75) is 32.7 Å². The summed E-state index contributed by atoms with van der Waals surface area (Å²) in [6.07, 6.45) is 2.27. The number of hydrogen-bond donors (Lipinski definition) is 1. The van der Waals surface area contributed by atoms with Gasteiger partial charge in [-0.25, -0.2) is 0 Å². The minimum Gasteiger partial charge on any atom is -0.465 e. The van der Waals surface area contributed by atoms with Crippen LogP contribution in [0.4, 0.5) is 0 Å². The molecule has 0 aromatic carbocycles. The number of hydrogen-bond acceptors (Lipinski definition) is 3. The van der Waals surface area contributed by atoms with Gasteiger partial charge in [-0.05, 0) is 38.4 Å². The number of nitrogens with one attached hydrogen (secondary N) is 1. The highest BCUT2D eigenvalue weighted by Gasteiger charge is 2.28. The van der Waals surface area contributed by atoms with E-state index in [0.29, 0.717) is 12.0 Å². The van der Waals surface area contributed by atoms with Gasteiger partial charge in [-0.15, -0.1) is 0 Å². The Morgan fingerprint density at radius 3 is 2.94 bits per heavy atom. The standard InChI is InChI=1S/C13H21NO2/c1-3-7-14-13(11-6-8-15-9-11)12-5-4-10(2)16-12/h4-5,11,13-14H,3,6-9H2,1-2H3. The third kappa shape index (κ3) is 2.66. The molecule has 1 aliphatic heterocycles. The van der Waals surface area contributed by atoms with Crippen LogP contribution >= 0.6 is 0 Å². The van der Waals surface area contributed by atoms with Crippen LogP contribution in [0.5, 0.6) is 0 Å². The van der Waals surface area contributed by atoms with E-state index in [0.717, 1.165) is 44.1 Å². The van der Waals surface area contributed by atoms with Crippen molar-refractivity contribution in [3.8, 4) is 0 Å². The lowest BCUT2D eigenvalue weighted by molar-refractivity contribution is 0.172. The second kappa shape index (κ2) is 5.51. The molecule has 16 heavy (non-hydrogen) atoms. The van der Waals surface area contributed by atoms with E-state index in [1.165, 1.54) is 0 Å². The lowest BCUT2D eigenvalue weighted by Crippen LogP contribution is -2.29. The summed E-state index contributed by atoms with van der Waals surface area (Å²) >= 11 is 0.